The minimum absolute atomic E-state index is 0.229. The molecule has 34 heavy (non-hydrogen) atoms. The highest BCUT2D eigenvalue weighted by molar-refractivity contribution is 6.05. The van der Waals surface area contributed by atoms with Crippen molar-refractivity contribution in [3.8, 4) is 5.75 Å². The number of quaternary nitrogens is 1. The number of rotatable bonds is 6. The van der Waals surface area contributed by atoms with Gasteiger partial charge in [-0.1, -0.05) is 60.7 Å². The number of aromatic carboxylic acids is 1. The second-order valence-electron chi connectivity index (χ2n) is 8.61. The highest BCUT2D eigenvalue weighted by Crippen LogP contribution is 2.32. The quantitative estimate of drug-likeness (QED) is 0.467. The number of carboxylic acids is 1. The van der Waals surface area contributed by atoms with E-state index in [-0.39, 0.29) is 11.6 Å². The zero-order valence-corrected chi connectivity index (χ0v) is 19.1. The van der Waals surface area contributed by atoms with Crippen LogP contribution in [0.25, 0.3) is 10.9 Å². The topological polar surface area (TPSA) is 67.1 Å². The molecule has 0 atom stereocenters. The number of piperazine rings is 1. The number of pyridine rings is 1. The van der Waals surface area contributed by atoms with E-state index in [1.54, 1.807) is 7.11 Å². The molecule has 1 saturated heterocycles. The van der Waals surface area contributed by atoms with Crippen LogP contribution in [0.4, 0.5) is 5.69 Å². The number of fused-ring (bicyclic) bond motifs is 1. The van der Waals surface area contributed by atoms with Crippen LogP contribution in [0.5, 0.6) is 5.75 Å². The second-order valence-corrected chi connectivity index (χ2v) is 8.61. The molecule has 0 bridgehead atoms. The maximum Gasteiger partial charge on any atom is 0.339 e. The first-order chi connectivity index (χ1) is 16.7. The van der Waals surface area contributed by atoms with Gasteiger partial charge in [0.05, 0.1) is 44.5 Å². The molecule has 2 N–H and O–H groups in total. The van der Waals surface area contributed by atoms with Gasteiger partial charge < -0.3 is 19.6 Å². The second kappa shape index (κ2) is 9.53. The molecule has 2 heterocycles. The molecule has 5 rings (SSSR count). The fraction of sp³-hybridized carbons (Fsp3) is 0.214. The summed E-state index contributed by atoms with van der Waals surface area (Å²) in [5.41, 5.74) is 4.31. The standard InChI is InChI=1S/C28H27N3O3/c1-34-22-12-13-25-23(18-22)27(24(19-29-25)28(32)33)31-16-14-30(15-17-31)26(20-8-4-2-5-9-20)21-10-6-3-7-11-21/h2-13,18-19,26H,14-17H2,1H3,(H,32,33)/p+1. The Labute approximate surface area is 199 Å². The Morgan fingerprint density at radius 1 is 0.971 bits per heavy atom. The van der Waals surface area contributed by atoms with E-state index in [0.717, 1.165) is 42.8 Å². The molecule has 0 aliphatic carbocycles. The molecule has 4 aromatic rings. The molecular weight excluding hydrogens is 426 g/mol. The first kappa shape index (κ1) is 21.9. The summed E-state index contributed by atoms with van der Waals surface area (Å²) in [6.45, 7) is 3.28. The predicted molar refractivity (Wildman–Crippen MR) is 133 cm³/mol. The lowest BCUT2D eigenvalue weighted by atomic mass is 9.96. The fourth-order valence-corrected chi connectivity index (χ4v) is 5.04. The molecule has 0 amide bonds. The van der Waals surface area contributed by atoms with Gasteiger partial charge in [-0.05, 0) is 18.2 Å². The van der Waals surface area contributed by atoms with E-state index in [4.69, 9.17) is 4.74 Å². The normalized spacial score (nSPS) is 14.5. The van der Waals surface area contributed by atoms with Crippen molar-refractivity contribution in [2.75, 3.05) is 38.2 Å². The molecule has 6 heteroatoms. The van der Waals surface area contributed by atoms with E-state index in [2.05, 4.69) is 70.5 Å². The van der Waals surface area contributed by atoms with Gasteiger partial charge in [-0.25, -0.2) is 4.79 Å². The SMILES string of the molecule is COc1ccc2ncc(C(=O)O)c(N3CC[NH+](C(c4ccccc4)c4ccccc4)CC3)c2c1. The molecule has 1 aliphatic heterocycles. The molecule has 1 aliphatic rings. The monoisotopic (exact) mass is 454 g/mol. The van der Waals surface area contributed by atoms with Crippen LogP contribution in [0.15, 0.2) is 85.1 Å². The van der Waals surface area contributed by atoms with Gasteiger partial charge in [-0.15, -0.1) is 0 Å². The highest BCUT2D eigenvalue weighted by Gasteiger charge is 2.32. The van der Waals surface area contributed by atoms with E-state index in [0.29, 0.717) is 5.75 Å². The van der Waals surface area contributed by atoms with Gasteiger partial charge in [0.25, 0.3) is 0 Å². The number of methoxy groups -OCH3 is 1. The smallest absolute Gasteiger partial charge is 0.339 e. The van der Waals surface area contributed by atoms with Gasteiger partial charge >= 0.3 is 5.97 Å². The van der Waals surface area contributed by atoms with E-state index in [1.807, 2.05) is 18.2 Å². The Balaban J connectivity index is 1.48. The average molecular weight is 455 g/mol. The summed E-state index contributed by atoms with van der Waals surface area (Å²) >= 11 is 0. The number of hydrogen-bond acceptors (Lipinski definition) is 4. The number of nitrogens with zero attached hydrogens (tertiary/aromatic N) is 2. The average Bonchev–Trinajstić information content (AvgIpc) is 2.89. The molecule has 0 spiro atoms. The molecule has 172 valence electrons. The Kier molecular flexibility index (Phi) is 6.14. The van der Waals surface area contributed by atoms with Crippen LogP contribution in [-0.4, -0.2) is 49.3 Å². The van der Waals surface area contributed by atoms with Crippen molar-refractivity contribution >= 4 is 22.6 Å². The molecule has 3 aromatic carbocycles. The third-order valence-corrected chi connectivity index (χ3v) is 6.67. The predicted octanol–water partition coefficient (Wildman–Crippen LogP) is 3.44. The van der Waals surface area contributed by atoms with E-state index < -0.39 is 5.97 Å². The van der Waals surface area contributed by atoms with Crippen LogP contribution in [-0.2, 0) is 0 Å². The van der Waals surface area contributed by atoms with Crippen molar-refractivity contribution in [2.45, 2.75) is 6.04 Å². The molecule has 0 unspecified atom stereocenters. The summed E-state index contributed by atoms with van der Waals surface area (Å²) in [5, 5.41) is 10.7. The van der Waals surface area contributed by atoms with Gasteiger partial charge in [-0.3, -0.25) is 4.98 Å². The molecule has 1 fully saturated rings. The summed E-state index contributed by atoms with van der Waals surface area (Å²) in [4.78, 5) is 20.2. The van der Waals surface area contributed by atoms with Crippen molar-refractivity contribution in [2.24, 2.45) is 0 Å². The van der Waals surface area contributed by atoms with Gasteiger partial charge in [0.2, 0.25) is 0 Å². The maximum absolute atomic E-state index is 12.1. The van der Waals surface area contributed by atoms with Crippen LogP contribution in [0.1, 0.15) is 27.5 Å². The van der Waals surface area contributed by atoms with Crippen molar-refractivity contribution in [3.05, 3.63) is 102 Å². The Bertz CT molecular complexity index is 1250. The fourth-order valence-electron chi connectivity index (χ4n) is 5.04. The maximum atomic E-state index is 12.1. The van der Waals surface area contributed by atoms with Gasteiger partial charge in [0.1, 0.15) is 17.4 Å². The minimum atomic E-state index is -0.964. The number of anilines is 1. The van der Waals surface area contributed by atoms with Crippen LogP contribution in [0, 0.1) is 0 Å². The summed E-state index contributed by atoms with van der Waals surface area (Å²) in [7, 11) is 1.62. The Morgan fingerprint density at radius 3 is 2.15 bits per heavy atom. The Morgan fingerprint density at radius 2 is 1.59 bits per heavy atom. The highest BCUT2D eigenvalue weighted by atomic mass is 16.5. The van der Waals surface area contributed by atoms with Crippen molar-refractivity contribution in [1.82, 2.24) is 4.98 Å². The summed E-state index contributed by atoms with van der Waals surface area (Å²) in [5.74, 6) is -0.274. The third kappa shape index (κ3) is 4.20. The Hall–Kier alpha value is -3.90. The lowest BCUT2D eigenvalue weighted by molar-refractivity contribution is -0.926. The largest absolute Gasteiger partial charge is 0.497 e. The van der Waals surface area contributed by atoms with Crippen LogP contribution in [0.2, 0.25) is 0 Å². The lowest BCUT2D eigenvalue weighted by Gasteiger charge is -2.38. The number of carboxylic acid groups (broad SMARTS) is 1. The van der Waals surface area contributed by atoms with E-state index >= 15 is 0 Å². The first-order valence-corrected chi connectivity index (χ1v) is 11.5. The summed E-state index contributed by atoms with van der Waals surface area (Å²) in [6, 6.07) is 27.1. The van der Waals surface area contributed by atoms with E-state index in [1.165, 1.54) is 22.2 Å². The molecule has 1 aromatic heterocycles. The molecular formula is C28H28N3O3+. The van der Waals surface area contributed by atoms with Crippen LogP contribution >= 0.6 is 0 Å². The number of nitrogens with one attached hydrogen (secondary N) is 1. The molecule has 6 nitrogen and oxygen atoms in total. The van der Waals surface area contributed by atoms with Crippen molar-refractivity contribution in [3.63, 3.8) is 0 Å². The van der Waals surface area contributed by atoms with E-state index in [9.17, 15) is 9.90 Å². The number of benzene rings is 3. The van der Waals surface area contributed by atoms with Crippen LogP contribution in [0.3, 0.4) is 0 Å². The molecule has 0 radical (unpaired) electrons. The van der Waals surface area contributed by atoms with Crippen molar-refractivity contribution in [1.29, 1.82) is 0 Å². The number of ether oxygens (including phenoxy) is 1. The van der Waals surface area contributed by atoms with Crippen molar-refractivity contribution < 1.29 is 19.5 Å². The van der Waals surface area contributed by atoms with Gasteiger partial charge in [0, 0.05) is 22.7 Å². The van der Waals surface area contributed by atoms with Gasteiger partial charge in [-0.2, -0.15) is 0 Å². The number of carbonyl (C=O) groups is 1. The molecule has 0 saturated carbocycles. The number of aromatic nitrogens is 1. The van der Waals surface area contributed by atoms with Crippen LogP contribution < -0.4 is 14.5 Å². The zero-order valence-electron chi connectivity index (χ0n) is 19.1. The van der Waals surface area contributed by atoms with Gasteiger partial charge in [0.15, 0.2) is 0 Å². The minimum Gasteiger partial charge on any atom is -0.497 e. The first-order valence-electron chi connectivity index (χ1n) is 11.5. The summed E-state index contributed by atoms with van der Waals surface area (Å²) in [6.07, 6.45) is 1.47. The summed E-state index contributed by atoms with van der Waals surface area (Å²) < 4.78 is 5.41. The third-order valence-electron chi connectivity index (χ3n) is 6.67. The number of hydrogen-bond donors (Lipinski definition) is 2. The zero-order chi connectivity index (χ0) is 23.5. The lowest BCUT2D eigenvalue weighted by Crippen LogP contribution is -3.15.